The van der Waals surface area contributed by atoms with Crippen LogP contribution in [0.3, 0.4) is 0 Å². The third-order valence-electron chi connectivity index (χ3n) is 4.13. The van der Waals surface area contributed by atoms with Crippen molar-refractivity contribution in [1.82, 2.24) is 10.2 Å². The molecule has 1 aliphatic heterocycles. The summed E-state index contributed by atoms with van der Waals surface area (Å²) in [6, 6.07) is 7.54. The van der Waals surface area contributed by atoms with Gasteiger partial charge in [0.05, 0.1) is 7.11 Å². The molecular weight excluding hydrogens is 280 g/mol. The van der Waals surface area contributed by atoms with Crippen LogP contribution in [0.5, 0.6) is 0 Å². The number of carbonyl (C=O) groups is 2. The summed E-state index contributed by atoms with van der Waals surface area (Å²) in [5, 5.41) is 2.96. The van der Waals surface area contributed by atoms with Gasteiger partial charge in [-0.15, -0.1) is 0 Å². The van der Waals surface area contributed by atoms with E-state index in [4.69, 9.17) is 4.74 Å². The Labute approximate surface area is 131 Å². The molecule has 0 aromatic heterocycles. The predicted molar refractivity (Wildman–Crippen MR) is 84.3 cm³/mol. The summed E-state index contributed by atoms with van der Waals surface area (Å²) in [4.78, 5) is 25.7. The zero-order valence-corrected chi connectivity index (χ0v) is 13.5. The molecule has 5 nitrogen and oxygen atoms in total. The topological polar surface area (TPSA) is 58.6 Å². The quantitative estimate of drug-likeness (QED) is 0.862. The number of aryl methyl sites for hydroxylation is 1. The van der Waals surface area contributed by atoms with Crippen molar-refractivity contribution in [2.45, 2.75) is 38.8 Å². The molecule has 1 heterocycles. The number of benzene rings is 1. The molecule has 2 atom stereocenters. The normalized spacial score (nSPS) is 20.2. The Bertz CT molecular complexity index is 544. The Kier molecular flexibility index (Phi) is 5.55. The number of rotatable bonds is 4. The molecule has 1 aliphatic rings. The van der Waals surface area contributed by atoms with Crippen molar-refractivity contribution in [2.24, 2.45) is 0 Å². The summed E-state index contributed by atoms with van der Waals surface area (Å²) < 4.78 is 5.02. The van der Waals surface area contributed by atoms with Gasteiger partial charge in [-0.2, -0.15) is 0 Å². The van der Waals surface area contributed by atoms with Gasteiger partial charge in [-0.3, -0.25) is 9.69 Å². The van der Waals surface area contributed by atoms with Gasteiger partial charge in [-0.25, -0.2) is 4.79 Å². The van der Waals surface area contributed by atoms with Crippen LogP contribution in [0.1, 0.15) is 36.9 Å². The van der Waals surface area contributed by atoms with E-state index in [1.165, 1.54) is 14.0 Å². The second-order valence-corrected chi connectivity index (χ2v) is 5.82. The Morgan fingerprint density at radius 3 is 2.73 bits per heavy atom. The van der Waals surface area contributed by atoms with Crippen LogP contribution in [-0.4, -0.2) is 43.0 Å². The maximum Gasteiger partial charge on any atom is 0.327 e. The molecule has 1 N–H and O–H groups in total. The van der Waals surface area contributed by atoms with E-state index in [0.717, 1.165) is 30.5 Å². The largest absolute Gasteiger partial charge is 0.468 e. The fourth-order valence-corrected chi connectivity index (χ4v) is 3.12. The number of hydrogen-bond donors (Lipinski definition) is 1. The minimum atomic E-state index is -0.414. The van der Waals surface area contributed by atoms with Gasteiger partial charge in [0.2, 0.25) is 5.91 Å². The Balaban J connectivity index is 2.24. The maximum absolute atomic E-state index is 12.3. The lowest BCUT2D eigenvalue weighted by atomic mass is 9.96. The number of amides is 1. The molecule has 5 heteroatoms. The van der Waals surface area contributed by atoms with E-state index in [0.29, 0.717) is 6.54 Å². The molecule has 120 valence electrons. The molecule has 0 spiro atoms. The minimum Gasteiger partial charge on any atom is -0.468 e. The molecular formula is C17H24N2O3. The summed E-state index contributed by atoms with van der Waals surface area (Å²) in [6.45, 7) is 5.01. The number of piperidine rings is 1. The zero-order valence-electron chi connectivity index (χ0n) is 13.5. The molecule has 1 saturated heterocycles. The lowest BCUT2D eigenvalue weighted by Gasteiger charge is -2.37. The minimum absolute atomic E-state index is 0.0302. The van der Waals surface area contributed by atoms with Gasteiger partial charge in [0.1, 0.15) is 6.04 Å². The Morgan fingerprint density at radius 1 is 1.36 bits per heavy atom. The van der Waals surface area contributed by atoms with Crippen LogP contribution in [0.4, 0.5) is 0 Å². The first-order valence-electron chi connectivity index (χ1n) is 7.67. The van der Waals surface area contributed by atoms with Crippen LogP contribution >= 0.6 is 0 Å². The van der Waals surface area contributed by atoms with Gasteiger partial charge in [-0.05, 0) is 37.4 Å². The fourth-order valence-electron chi connectivity index (χ4n) is 3.12. The summed E-state index contributed by atoms with van der Waals surface area (Å²) in [7, 11) is 1.42. The molecule has 2 rings (SSSR count). The van der Waals surface area contributed by atoms with Gasteiger partial charge >= 0.3 is 5.97 Å². The number of nitrogens with zero attached hydrogens (tertiary/aromatic N) is 1. The molecule has 0 aliphatic carbocycles. The van der Waals surface area contributed by atoms with Crippen molar-refractivity contribution in [3.63, 3.8) is 0 Å². The second kappa shape index (κ2) is 7.40. The van der Waals surface area contributed by atoms with Crippen LogP contribution in [-0.2, 0) is 14.3 Å². The van der Waals surface area contributed by atoms with E-state index in [2.05, 4.69) is 10.2 Å². The van der Waals surface area contributed by atoms with Crippen molar-refractivity contribution >= 4 is 11.9 Å². The molecule has 1 aromatic rings. The van der Waals surface area contributed by atoms with Crippen LogP contribution in [0.25, 0.3) is 0 Å². The highest BCUT2D eigenvalue weighted by Crippen LogP contribution is 2.28. The standard InChI is InChI=1S/C17H24N2O3/c1-12-7-4-5-9-15(12)16(17(21)22-3)19-10-6-8-14(11-19)18-13(2)20/h4-5,7,9,14,16H,6,8,10-11H2,1-3H3,(H,18,20)/t14-,16+/m0/s1. The average molecular weight is 304 g/mol. The van der Waals surface area contributed by atoms with Crippen molar-refractivity contribution in [1.29, 1.82) is 0 Å². The fraction of sp³-hybridized carbons (Fsp3) is 0.529. The lowest BCUT2D eigenvalue weighted by Crippen LogP contribution is -2.49. The first-order valence-corrected chi connectivity index (χ1v) is 7.67. The molecule has 0 saturated carbocycles. The monoisotopic (exact) mass is 304 g/mol. The Morgan fingerprint density at radius 2 is 2.09 bits per heavy atom. The van der Waals surface area contributed by atoms with E-state index < -0.39 is 6.04 Å². The maximum atomic E-state index is 12.3. The molecule has 0 bridgehead atoms. The van der Waals surface area contributed by atoms with Crippen molar-refractivity contribution < 1.29 is 14.3 Å². The summed E-state index contributed by atoms with van der Waals surface area (Å²) in [6.07, 6.45) is 1.89. The number of methoxy groups -OCH3 is 1. The summed E-state index contributed by atoms with van der Waals surface area (Å²) in [5.74, 6) is -0.282. The van der Waals surface area contributed by atoms with Crippen LogP contribution in [0.2, 0.25) is 0 Å². The van der Waals surface area contributed by atoms with Crippen molar-refractivity contribution in [2.75, 3.05) is 20.2 Å². The Hall–Kier alpha value is -1.88. The third kappa shape index (κ3) is 3.85. The highest BCUT2D eigenvalue weighted by molar-refractivity contribution is 5.78. The number of hydrogen-bond acceptors (Lipinski definition) is 4. The van der Waals surface area contributed by atoms with E-state index >= 15 is 0 Å². The van der Waals surface area contributed by atoms with E-state index in [9.17, 15) is 9.59 Å². The first-order chi connectivity index (χ1) is 10.5. The molecule has 0 unspecified atom stereocenters. The van der Waals surface area contributed by atoms with Crippen LogP contribution < -0.4 is 5.32 Å². The van der Waals surface area contributed by atoms with E-state index in [-0.39, 0.29) is 17.9 Å². The number of carbonyl (C=O) groups excluding carboxylic acids is 2. The van der Waals surface area contributed by atoms with Gasteiger partial charge in [0.25, 0.3) is 0 Å². The molecule has 1 amide bonds. The lowest BCUT2D eigenvalue weighted by molar-refractivity contribution is -0.148. The summed E-state index contributed by atoms with van der Waals surface area (Å²) in [5.41, 5.74) is 2.04. The smallest absolute Gasteiger partial charge is 0.327 e. The molecule has 1 fully saturated rings. The van der Waals surface area contributed by atoms with Gasteiger partial charge in [0.15, 0.2) is 0 Å². The van der Waals surface area contributed by atoms with Crippen molar-refractivity contribution in [3.05, 3.63) is 35.4 Å². The molecule has 1 aromatic carbocycles. The number of esters is 1. The van der Waals surface area contributed by atoms with Gasteiger partial charge < -0.3 is 10.1 Å². The molecule has 22 heavy (non-hydrogen) atoms. The average Bonchev–Trinajstić information content (AvgIpc) is 2.49. The number of ether oxygens (including phenoxy) is 1. The first kappa shape index (κ1) is 16.5. The van der Waals surface area contributed by atoms with Crippen molar-refractivity contribution in [3.8, 4) is 0 Å². The van der Waals surface area contributed by atoms with Crippen LogP contribution in [0.15, 0.2) is 24.3 Å². The highest BCUT2D eigenvalue weighted by atomic mass is 16.5. The number of likely N-dealkylation sites (tertiary alicyclic amines) is 1. The third-order valence-corrected chi connectivity index (χ3v) is 4.13. The molecule has 0 radical (unpaired) electrons. The van der Waals surface area contributed by atoms with Gasteiger partial charge in [0, 0.05) is 19.5 Å². The summed E-state index contributed by atoms with van der Waals surface area (Å²) >= 11 is 0. The zero-order chi connectivity index (χ0) is 16.1. The van der Waals surface area contributed by atoms with E-state index in [1.807, 2.05) is 31.2 Å². The van der Waals surface area contributed by atoms with E-state index in [1.54, 1.807) is 0 Å². The highest BCUT2D eigenvalue weighted by Gasteiger charge is 2.33. The number of nitrogens with one attached hydrogen (secondary N) is 1. The van der Waals surface area contributed by atoms with Crippen LogP contribution in [0, 0.1) is 6.92 Å². The van der Waals surface area contributed by atoms with Gasteiger partial charge in [-0.1, -0.05) is 24.3 Å². The predicted octanol–water partition coefficient (Wildman–Crippen LogP) is 1.81. The second-order valence-electron chi connectivity index (χ2n) is 5.82. The SMILES string of the molecule is COC(=O)[C@@H](c1ccccc1C)N1CCC[C@H](NC(C)=O)C1.